The van der Waals surface area contributed by atoms with E-state index in [4.69, 9.17) is 0 Å². The first-order chi connectivity index (χ1) is 7.63. The zero-order chi connectivity index (χ0) is 12.0. The van der Waals surface area contributed by atoms with E-state index in [0.717, 1.165) is 18.7 Å². The van der Waals surface area contributed by atoms with Gasteiger partial charge in [0.15, 0.2) is 5.13 Å². The highest BCUT2D eigenvalue weighted by atomic mass is 32.1. The minimum atomic E-state index is 0.0416. The molecule has 5 heteroatoms. The van der Waals surface area contributed by atoms with E-state index >= 15 is 0 Å². The summed E-state index contributed by atoms with van der Waals surface area (Å²) in [5, 5.41) is 8.53. The van der Waals surface area contributed by atoms with E-state index in [1.807, 2.05) is 12.4 Å². The average Bonchev–Trinajstić information content (AvgIpc) is 2.66. The molecule has 0 saturated heterocycles. The SMILES string of the molecule is CNCCCC(=O)Nc1nc(C(C)C)cs1. The topological polar surface area (TPSA) is 54.0 Å². The van der Waals surface area contributed by atoms with Gasteiger partial charge in [-0.05, 0) is 25.9 Å². The second kappa shape index (κ2) is 6.60. The summed E-state index contributed by atoms with van der Waals surface area (Å²) in [6, 6.07) is 0. The summed E-state index contributed by atoms with van der Waals surface area (Å²) in [5.74, 6) is 0.450. The Hall–Kier alpha value is -0.940. The molecule has 16 heavy (non-hydrogen) atoms. The molecule has 1 amide bonds. The van der Waals surface area contributed by atoms with Crippen LogP contribution in [0, 0.1) is 0 Å². The summed E-state index contributed by atoms with van der Waals surface area (Å²) in [7, 11) is 1.88. The minimum absolute atomic E-state index is 0.0416. The van der Waals surface area contributed by atoms with Gasteiger partial charge in [0, 0.05) is 11.8 Å². The van der Waals surface area contributed by atoms with Gasteiger partial charge in [0.25, 0.3) is 0 Å². The third kappa shape index (κ3) is 4.28. The molecule has 0 spiro atoms. The standard InChI is InChI=1S/C11H19N3OS/c1-8(2)9-7-16-11(13-9)14-10(15)5-4-6-12-3/h7-8,12H,4-6H2,1-3H3,(H,13,14,15). The Morgan fingerprint density at radius 3 is 2.88 bits per heavy atom. The fourth-order valence-corrected chi connectivity index (χ4v) is 2.10. The monoisotopic (exact) mass is 241 g/mol. The molecule has 0 aliphatic heterocycles. The van der Waals surface area contributed by atoms with Gasteiger partial charge in [-0.3, -0.25) is 4.79 Å². The van der Waals surface area contributed by atoms with Crippen LogP contribution < -0.4 is 10.6 Å². The largest absolute Gasteiger partial charge is 0.320 e. The van der Waals surface area contributed by atoms with Crippen molar-refractivity contribution in [1.29, 1.82) is 0 Å². The Balaban J connectivity index is 2.37. The summed E-state index contributed by atoms with van der Waals surface area (Å²) in [6.45, 7) is 5.05. The summed E-state index contributed by atoms with van der Waals surface area (Å²) in [6.07, 6.45) is 1.39. The fourth-order valence-electron chi connectivity index (χ4n) is 1.22. The van der Waals surface area contributed by atoms with Crippen molar-refractivity contribution in [3.8, 4) is 0 Å². The molecule has 0 aromatic carbocycles. The highest BCUT2D eigenvalue weighted by Gasteiger charge is 2.08. The van der Waals surface area contributed by atoms with Crippen LogP contribution >= 0.6 is 11.3 Å². The van der Waals surface area contributed by atoms with Gasteiger partial charge in [0.1, 0.15) is 0 Å². The van der Waals surface area contributed by atoms with E-state index < -0.39 is 0 Å². The van der Waals surface area contributed by atoms with Crippen LogP contribution in [0.5, 0.6) is 0 Å². The average molecular weight is 241 g/mol. The number of hydrogen-bond donors (Lipinski definition) is 2. The number of anilines is 1. The molecule has 0 saturated carbocycles. The predicted molar refractivity (Wildman–Crippen MR) is 68.0 cm³/mol. The quantitative estimate of drug-likeness (QED) is 0.751. The Kier molecular flexibility index (Phi) is 5.42. The number of thiazole rings is 1. The van der Waals surface area contributed by atoms with Gasteiger partial charge in [-0.25, -0.2) is 4.98 Å². The molecule has 2 N–H and O–H groups in total. The first-order valence-electron chi connectivity index (χ1n) is 5.53. The molecule has 0 unspecified atom stereocenters. The van der Waals surface area contributed by atoms with Crippen molar-refractivity contribution in [2.75, 3.05) is 18.9 Å². The van der Waals surface area contributed by atoms with Crippen LogP contribution in [0.1, 0.15) is 38.3 Å². The van der Waals surface area contributed by atoms with Gasteiger partial charge >= 0.3 is 0 Å². The van der Waals surface area contributed by atoms with Gasteiger partial charge in [-0.15, -0.1) is 11.3 Å². The third-order valence-corrected chi connectivity index (χ3v) is 2.97. The van der Waals surface area contributed by atoms with E-state index in [1.54, 1.807) is 0 Å². The smallest absolute Gasteiger partial charge is 0.226 e. The van der Waals surface area contributed by atoms with Gasteiger partial charge < -0.3 is 10.6 Å². The molecule has 0 fully saturated rings. The lowest BCUT2D eigenvalue weighted by molar-refractivity contribution is -0.116. The lowest BCUT2D eigenvalue weighted by Gasteiger charge is -2.01. The third-order valence-electron chi connectivity index (χ3n) is 2.19. The highest BCUT2D eigenvalue weighted by molar-refractivity contribution is 7.13. The molecule has 0 aliphatic rings. The maximum Gasteiger partial charge on any atom is 0.226 e. The number of amides is 1. The highest BCUT2D eigenvalue weighted by Crippen LogP contribution is 2.21. The number of nitrogens with zero attached hydrogens (tertiary/aromatic N) is 1. The van der Waals surface area contributed by atoms with Gasteiger partial charge in [-0.1, -0.05) is 13.8 Å². The maximum absolute atomic E-state index is 11.5. The summed E-state index contributed by atoms with van der Waals surface area (Å²) in [4.78, 5) is 15.8. The van der Waals surface area contributed by atoms with Crippen molar-refractivity contribution >= 4 is 22.4 Å². The Labute approximate surface area is 100 Å². The van der Waals surface area contributed by atoms with E-state index in [2.05, 4.69) is 29.5 Å². The van der Waals surface area contributed by atoms with E-state index in [9.17, 15) is 4.79 Å². The number of carbonyl (C=O) groups excluding carboxylic acids is 1. The minimum Gasteiger partial charge on any atom is -0.320 e. The summed E-state index contributed by atoms with van der Waals surface area (Å²) >= 11 is 1.49. The van der Waals surface area contributed by atoms with Crippen LogP contribution in [0.15, 0.2) is 5.38 Å². The molecule has 1 aromatic heterocycles. The second-order valence-electron chi connectivity index (χ2n) is 3.99. The zero-order valence-corrected chi connectivity index (χ0v) is 10.9. The molecule has 1 aromatic rings. The number of carbonyl (C=O) groups is 1. The first-order valence-corrected chi connectivity index (χ1v) is 6.41. The van der Waals surface area contributed by atoms with Gasteiger partial charge in [0.05, 0.1) is 5.69 Å². The number of aromatic nitrogens is 1. The Morgan fingerprint density at radius 1 is 1.56 bits per heavy atom. The zero-order valence-electron chi connectivity index (χ0n) is 10.0. The summed E-state index contributed by atoms with van der Waals surface area (Å²) in [5.41, 5.74) is 1.04. The number of rotatable bonds is 6. The fraction of sp³-hybridized carbons (Fsp3) is 0.636. The molecular weight excluding hydrogens is 222 g/mol. The molecule has 0 atom stereocenters. The maximum atomic E-state index is 11.5. The van der Waals surface area contributed by atoms with Crippen LogP contribution in [0.4, 0.5) is 5.13 Å². The lowest BCUT2D eigenvalue weighted by Crippen LogP contribution is -2.15. The van der Waals surface area contributed by atoms with Crippen molar-refractivity contribution in [2.24, 2.45) is 0 Å². The van der Waals surface area contributed by atoms with Crippen LogP contribution in [-0.4, -0.2) is 24.5 Å². The Morgan fingerprint density at radius 2 is 2.31 bits per heavy atom. The molecule has 4 nitrogen and oxygen atoms in total. The number of nitrogens with one attached hydrogen (secondary N) is 2. The van der Waals surface area contributed by atoms with Gasteiger partial charge in [0.2, 0.25) is 5.91 Å². The normalized spacial score (nSPS) is 10.8. The van der Waals surface area contributed by atoms with E-state index in [1.165, 1.54) is 11.3 Å². The van der Waals surface area contributed by atoms with Crippen LogP contribution in [0.3, 0.4) is 0 Å². The van der Waals surface area contributed by atoms with Crippen LogP contribution in [-0.2, 0) is 4.79 Å². The van der Waals surface area contributed by atoms with Crippen molar-refractivity contribution in [1.82, 2.24) is 10.3 Å². The van der Waals surface area contributed by atoms with Crippen LogP contribution in [0.25, 0.3) is 0 Å². The molecule has 0 radical (unpaired) electrons. The lowest BCUT2D eigenvalue weighted by atomic mass is 10.2. The number of hydrogen-bond acceptors (Lipinski definition) is 4. The second-order valence-corrected chi connectivity index (χ2v) is 4.85. The van der Waals surface area contributed by atoms with Crippen molar-refractivity contribution in [3.05, 3.63) is 11.1 Å². The first kappa shape index (κ1) is 13.1. The molecule has 90 valence electrons. The van der Waals surface area contributed by atoms with Crippen LogP contribution in [0.2, 0.25) is 0 Å². The van der Waals surface area contributed by atoms with Gasteiger partial charge in [-0.2, -0.15) is 0 Å². The van der Waals surface area contributed by atoms with Crippen molar-refractivity contribution < 1.29 is 4.79 Å². The van der Waals surface area contributed by atoms with Crippen molar-refractivity contribution in [2.45, 2.75) is 32.6 Å². The summed E-state index contributed by atoms with van der Waals surface area (Å²) < 4.78 is 0. The van der Waals surface area contributed by atoms with Crippen molar-refractivity contribution in [3.63, 3.8) is 0 Å². The Bertz CT molecular complexity index is 336. The van der Waals surface area contributed by atoms with E-state index in [-0.39, 0.29) is 5.91 Å². The molecule has 0 bridgehead atoms. The predicted octanol–water partition coefficient (Wildman–Crippen LogP) is 2.20. The molecule has 0 aliphatic carbocycles. The molecule has 1 rings (SSSR count). The molecule has 1 heterocycles. The molecular formula is C11H19N3OS. The van der Waals surface area contributed by atoms with E-state index in [0.29, 0.717) is 17.5 Å².